The van der Waals surface area contributed by atoms with Gasteiger partial charge in [0.1, 0.15) is 0 Å². The molecule has 2 rings (SSSR count). The summed E-state index contributed by atoms with van der Waals surface area (Å²) in [6, 6.07) is 5.69. The van der Waals surface area contributed by atoms with Gasteiger partial charge < -0.3 is 5.32 Å². The van der Waals surface area contributed by atoms with Crippen molar-refractivity contribution in [3.05, 3.63) is 38.3 Å². The van der Waals surface area contributed by atoms with E-state index in [1.807, 2.05) is 12.1 Å². The van der Waals surface area contributed by atoms with Crippen LogP contribution in [-0.2, 0) is 6.54 Å². The smallest absolute Gasteiger partial charge is 0.275 e. The molecule has 6 heteroatoms. The van der Waals surface area contributed by atoms with Crippen LogP contribution in [0.25, 0.3) is 0 Å². The highest BCUT2D eigenvalue weighted by Crippen LogP contribution is 2.25. The minimum atomic E-state index is -0.314. The third-order valence-electron chi connectivity index (χ3n) is 3.09. The molecule has 1 heterocycles. The third-order valence-corrected chi connectivity index (χ3v) is 3.58. The average molecular weight is 314 g/mol. The van der Waals surface area contributed by atoms with Gasteiger partial charge in [0, 0.05) is 48.3 Å². The van der Waals surface area contributed by atoms with Crippen LogP contribution in [0.2, 0.25) is 0 Å². The molecule has 1 atom stereocenters. The van der Waals surface area contributed by atoms with Gasteiger partial charge in [-0.1, -0.05) is 15.9 Å². The van der Waals surface area contributed by atoms with Gasteiger partial charge in [-0.25, -0.2) is 0 Å². The van der Waals surface area contributed by atoms with Crippen LogP contribution in [-0.4, -0.2) is 35.5 Å². The first-order valence-corrected chi connectivity index (χ1v) is 6.74. The summed E-state index contributed by atoms with van der Waals surface area (Å²) < 4.78 is 0.742. The maximum absolute atomic E-state index is 11.0. The van der Waals surface area contributed by atoms with E-state index in [2.05, 4.69) is 33.1 Å². The molecule has 1 aliphatic rings. The number of halogens is 1. The van der Waals surface area contributed by atoms with E-state index in [4.69, 9.17) is 0 Å². The molecule has 0 aliphatic carbocycles. The summed E-state index contributed by atoms with van der Waals surface area (Å²) in [4.78, 5) is 13.0. The van der Waals surface area contributed by atoms with Gasteiger partial charge in [0.15, 0.2) is 0 Å². The van der Waals surface area contributed by atoms with E-state index in [0.29, 0.717) is 12.6 Å². The Morgan fingerprint density at radius 1 is 1.61 bits per heavy atom. The molecule has 0 aromatic heterocycles. The molecule has 1 N–H and O–H groups in total. The fourth-order valence-corrected chi connectivity index (χ4v) is 2.59. The highest BCUT2D eigenvalue weighted by Gasteiger charge is 2.20. The lowest BCUT2D eigenvalue weighted by atomic mass is 10.1. The van der Waals surface area contributed by atoms with Crippen LogP contribution in [0.5, 0.6) is 0 Å². The first kappa shape index (κ1) is 13.5. The third kappa shape index (κ3) is 3.28. The number of rotatable bonds is 3. The van der Waals surface area contributed by atoms with Crippen LogP contribution in [0, 0.1) is 10.1 Å². The molecule has 98 valence electrons. The van der Waals surface area contributed by atoms with Gasteiger partial charge in [-0.15, -0.1) is 0 Å². The van der Waals surface area contributed by atoms with Gasteiger partial charge in [0.2, 0.25) is 0 Å². The van der Waals surface area contributed by atoms with Crippen LogP contribution < -0.4 is 5.32 Å². The minimum absolute atomic E-state index is 0.190. The number of nitro groups is 1. The molecule has 5 nitrogen and oxygen atoms in total. The molecule has 0 spiro atoms. The lowest BCUT2D eigenvalue weighted by molar-refractivity contribution is -0.385. The number of hydrogen-bond acceptors (Lipinski definition) is 4. The predicted octanol–water partition coefficient (Wildman–Crippen LogP) is 2.15. The standard InChI is InChI=1S/C12H16BrN3O2/c1-9-7-15(5-4-14-9)8-10-2-3-11(13)6-12(10)16(17)18/h2-3,6,9,14H,4-5,7-8H2,1H3. The average Bonchev–Trinajstić information content (AvgIpc) is 2.31. The molecule has 0 bridgehead atoms. The predicted molar refractivity (Wildman–Crippen MR) is 73.5 cm³/mol. The molecule has 0 radical (unpaired) electrons. The minimum Gasteiger partial charge on any atom is -0.312 e. The van der Waals surface area contributed by atoms with Gasteiger partial charge in [-0.2, -0.15) is 0 Å². The van der Waals surface area contributed by atoms with Crippen molar-refractivity contribution >= 4 is 21.6 Å². The first-order chi connectivity index (χ1) is 8.56. The van der Waals surface area contributed by atoms with Gasteiger partial charge in [0.25, 0.3) is 5.69 Å². The molecule has 0 amide bonds. The van der Waals surface area contributed by atoms with Crippen molar-refractivity contribution in [3.8, 4) is 0 Å². The molecule has 0 saturated carbocycles. The topological polar surface area (TPSA) is 58.4 Å². The van der Waals surface area contributed by atoms with Gasteiger partial charge in [-0.05, 0) is 19.1 Å². The van der Waals surface area contributed by atoms with Crippen molar-refractivity contribution in [2.24, 2.45) is 0 Å². The van der Waals surface area contributed by atoms with E-state index in [1.54, 1.807) is 6.07 Å². The van der Waals surface area contributed by atoms with Gasteiger partial charge >= 0.3 is 0 Å². The van der Waals surface area contributed by atoms with Crippen LogP contribution in [0.15, 0.2) is 22.7 Å². The summed E-state index contributed by atoms with van der Waals surface area (Å²) in [6.07, 6.45) is 0. The van der Waals surface area contributed by atoms with Crippen LogP contribution >= 0.6 is 15.9 Å². The van der Waals surface area contributed by atoms with E-state index < -0.39 is 0 Å². The maximum atomic E-state index is 11.0. The van der Waals surface area contributed by atoms with E-state index in [-0.39, 0.29) is 10.6 Å². The van der Waals surface area contributed by atoms with Crippen molar-refractivity contribution in [1.29, 1.82) is 0 Å². The summed E-state index contributed by atoms with van der Waals surface area (Å²) in [6.45, 7) is 5.55. The molecule has 1 saturated heterocycles. The highest BCUT2D eigenvalue weighted by atomic mass is 79.9. The maximum Gasteiger partial charge on any atom is 0.275 e. The van der Waals surface area contributed by atoms with E-state index in [0.717, 1.165) is 29.7 Å². The van der Waals surface area contributed by atoms with E-state index in [1.165, 1.54) is 0 Å². The molecule has 1 aliphatic heterocycles. The fraction of sp³-hybridized carbons (Fsp3) is 0.500. The highest BCUT2D eigenvalue weighted by molar-refractivity contribution is 9.10. The number of nitrogens with one attached hydrogen (secondary N) is 1. The molecule has 1 aromatic carbocycles. The Kier molecular flexibility index (Phi) is 4.31. The number of nitro benzene ring substituents is 1. The Bertz CT molecular complexity index is 453. The Hall–Kier alpha value is -0.980. The molecule has 1 unspecified atom stereocenters. The normalized spacial score (nSPS) is 20.9. The molecule has 1 fully saturated rings. The van der Waals surface area contributed by atoms with Gasteiger partial charge in [-0.3, -0.25) is 15.0 Å². The van der Waals surface area contributed by atoms with Gasteiger partial charge in [0.05, 0.1) is 4.92 Å². The van der Waals surface area contributed by atoms with E-state index >= 15 is 0 Å². The number of piperazine rings is 1. The van der Waals surface area contributed by atoms with Crippen molar-refractivity contribution in [2.75, 3.05) is 19.6 Å². The zero-order valence-corrected chi connectivity index (χ0v) is 11.8. The Morgan fingerprint density at radius 2 is 2.39 bits per heavy atom. The summed E-state index contributed by atoms with van der Waals surface area (Å²) >= 11 is 3.27. The molecule has 1 aromatic rings. The zero-order chi connectivity index (χ0) is 13.1. The zero-order valence-electron chi connectivity index (χ0n) is 10.2. The number of hydrogen-bond donors (Lipinski definition) is 1. The second-order valence-electron chi connectivity index (χ2n) is 4.62. The van der Waals surface area contributed by atoms with Crippen molar-refractivity contribution in [1.82, 2.24) is 10.2 Å². The van der Waals surface area contributed by atoms with Crippen molar-refractivity contribution in [3.63, 3.8) is 0 Å². The monoisotopic (exact) mass is 313 g/mol. The fourth-order valence-electron chi connectivity index (χ4n) is 2.24. The second kappa shape index (κ2) is 5.77. The Labute approximate surface area is 114 Å². The van der Waals surface area contributed by atoms with Crippen LogP contribution in [0.3, 0.4) is 0 Å². The second-order valence-corrected chi connectivity index (χ2v) is 5.54. The van der Waals surface area contributed by atoms with Crippen molar-refractivity contribution < 1.29 is 4.92 Å². The summed E-state index contributed by atoms with van der Waals surface area (Å²) in [5, 5.41) is 14.4. The van der Waals surface area contributed by atoms with Crippen LogP contribution in [0.4, 0.5) is 5.69 Å². The molecular formula is C12H16BrN3O2. The van der Waals surface area contributed by atoms with Crippen molar-refractivity contribution in [2.45, 2.75) is 19.5 Å². The lowest BCUT2D eigenvalue weighted by Crippen LogP contribution is -2.48. The summed E-state index contributed by atoms with van der Waals surface area (Å²) in [5.74, 6) is 0. The lowest BCUT2D eigenvalue weighted by Gasteiger charge is -2.31. The van der Waals surface area contributed by atoms with Crippen LogP contribution in [0.1, 0.15) is 12.5 Å². The Balaban J connectivity index is 2.15. The van der Waals surface area contributed by atoms with E-state index in [9.17, 15) is 10.1 Å². The largest absolute Gasteiger partial charge is 0.312 e. The number of benzene rings is 1. The molecular weight excluding hydrogens is 298 g/mol. The molecule has 18 heavy (non-hydrogen) atoms. The Morgan fingerprint density at radius 3 is 3.06 bits per heavy atom. The number of nitrogens with zero attached hydrogens (tertiary/aromatic N) is 2. The SMILES string of the molecule is CC1CN(Cc2ccc(Br)cc2[N+](=O)[O-])CCN1. The first-order valence-electron chi connectivity index (χ1n) is 5.95. The quantitative estimate of drug-likeness (QED) is 0.686. The summed E-state index contributed by atoms with van der Waals surface area (Å²) in [5.41, 5.74) is 0.966. The summed E-state index contributed by atoms with van der Waals surface area (Å²) in [7, 11) is 0.